The smallest absolute Gasteiger partial charge is 0.273 e. The molecule has 4 aromatic heterocycles. The van der Waals surface area contributed by atoms with Crippen molar-refractivity contribution in [1.29, 1.82) is 5.26 Å². The van der Waals surface area contributed by atoms with Gasteiger partial charge < -0.3 is 0 Å². The van der Waals surface area contributed by atoms with Crippen LogP contribution in [0.5, 0.6) is 0 Å². The number of nitrogens with one attached hydrogen (secondary N) is 1. The molecule has 1 aliphatic rings. The predicted molar refractivity (Wildman–Crippen MR) is 138 cm³/mol. The summed E-state index contributed by atoms with van der Waals surface area (Å²) in [4.78, 5) is 42.1. The number of aromatic amines is 1. The third-order valence-corrected chi connectivity index (χ3v) is 6.61. The summed E-state index contributed by atoms with van der Waals surface area (Å²) < 4.78 is 1.43. The molecule has 0 amide bonds. The van der Waals surface area contributed by atoms with Gasteiger partial charge in [-0.05, 0) is 55.3 Å². The van der Waals surface area contributed by atoms with Gasteiger partial charge in [-0.3, -0.25) is 24.3 Å². The molecule has 0 atom stereocenters. The maximum atomic E-state index is 13.1. The Labute approximate surface area is 205 Å². The van der Waals surface area contributed by atoms with Crippen LogP contribution in [0, 0.1) is 11.3 Å². The van der Waals surface area contributed by atoms with E-state index in [2.05, 4.69) is 27.1 Å². The minimum absolute atomic E-state index is 0.253. The van der Waals surface area contributed by atoms with Crippen molar-refractivity contribution in [1.82, 2.24) is 24.5 Å². The molecule has 36 heavy (non-hydrogen) atoms. The molecule has 1 aliphatic carbocycles. The molecule has 0 bridgehead atoms. The lowest BCUT2D eigenvalue weighted by atomic mass is 9.86. The summed E-state index contributed by atoms with van der Waals surface area (Å²) in [5, 5.41) is 9.72. The lowest BCUT2D eigenvalue weighted by Crippen LogP contribution is -2.29. The molecular weight excluding hydrogens is 452 g/mol. The van der Waals surface area contributed by atoms with Gasteiger partial charge in [0.25, 0.3) is 5.56 Å². The highest BCUT2D eigenvalue weighted by atomic mass is 16.2. The number of fused-ring (bicyclic) bond motifs is 4. The zero-order valence-electron chi connectivity index (χ0n) is 19.6. The van der Waals surface area contributed by atoms with Crippen LogP contribution < -0.4 is 11.2 Å². The molecule has 6 rings (SSSR count). The number of hydrogen-bond acceptors (Lipinski definition) is 6. The number of pyridine rings is 3. The topological polar surface area (TPSA) is 117 Å². The second kappa shape index (κ2) is 7.82. The highest BCUT2D eigenvalue weighted by Gasteiger charge is 2.21. The fourth-order valence-electron chi connectivity index (χ4n) is 4.53. The van der Waals surface area contributed by atoms with E-state index in [4.69, 9.17) is 4.98 Å². The summed E-state index contributed by atoms with van der Waals surface area (Å²) >= 11 is 0. The molecule has 0 saturated heterocycles. The highest BCUT2D eigenvalue weighted by molar-refractivity contribution is 6.01. The van der Waals surface area contributed by atoms with Crippen molar-refractivity contribution < 1.29 is 0 Å². The molecule has 5 aromatic rings. The first-order valence-corrected chi connectivity index (χ1v) is 11.5. The predicted octanol–water partition coefficient (Wildman–Crippen LogP) is 4.05. The quantitative estimate of drug-likeness (QED) is 0.396. The molecule has 8 heteroatoms. The van der Waals surface area contributed by atoms with E-state index in [1.807, 2.05) is 50.3 Å². The van der Waals surface area contributed by atoms with Crippen LogP contribution in [0.1, 0.15) is 30.7 Å². The standard InChI is InChI=1S/C28H20N6O2/c1-28(2,15-29)18-6-8-19(9-7-18)34-25-20(26(35)33-27(34)36)14-31-23-11-10-22(32-24(23)25)17-12-16-4-3-5-21(16)30-13-17/h3-4,6-14H,5H2,1-2H3,(H,33,35,36). The van der Waals surface area contributed by atoms with Gasteiger partial charge in [-0.2, -0.15) is 5.26 Å². The monoisotopic (exact) mass is 472 g/mol. The van der Waals surface area contributed by atoms with E-state index in [1.54, 1.807) is 18.3 Å². The van der Waals surface area contributed by atoms with Gasteiger partial charge in [-0.25, -0.2) is 9.78 Å². The molecule has 174 valence electrons. The molecule has 0 spiro atoms. The number of aromatic nitrogens is 5. The summed E-state index contributed by atoms with van der Waals surface area (Å²) in [7, 11) is 0. The lowest BCUT2D eigenvalue weighted by Gasteiger charge is -2.17. The maximum absolute atomic E-state index is 13.1. The van der Waals surface area contributed by atoms with E-state index in [0.717, 1.165) is 28.8 Å². The number of nitriles is 1. The van der Waals surface area contributed by atoms with E-state index in [9.17, 15) is 14.9 Å². The summed E-state index contributed by atoms with van der Waals surface area (Å²) in [5.74, 6) is 0. The van der Waals surface area contributed by atoms with E-state index in [-0.39, 0.29) is 5.39 Å². The van der Waals surface area contributed by atoms with E-state index in [0.29, 0.717) is 27.9 Å². The number of nitrogens with zero attached hydrogens (tertiary/aromatic N) is 5. The molecule has 4 heterocycles. The van der Waals surface area contributed by atoms with Crippen molar-refractivity contribution in [3.63, 3.8) is 0 Å². The largest absolute Gasteiger partial charge is 0.333 e. The minimum atomic E-state index is -0.678. The van der Waals surface area contributed by atoms with Crippen LogP contribution in [-0.4, -0.2) is 24.5 Å². The molecule has 0 saturated carbocycles. The number of hydrogen-bond donors (Lipinski definition) is 1. The first-order valence-electron chi connectivity index (χ1n) is 11.5. The Morgan fingerprint density at radius 1 is 1.06 bits per heavy atom. The average molecular weight is 473 g/mol. The van der Waals surface area contributed by atoms with Crippen LogP contribution in [0.4, 0.5) is 0 Å². The Balaban J connectivity index is 1.62. The van der Waals surface area contributed by atoms with Crippen molar-refractivity contribution in [2.45, 2.75) is 25.7 Å². The summed E-state index contributed by atoms with van der Waals surface area (Å²) in [6, 6.07) is 15.2. The normalized spacial score (nSPS) is 12.7. The van der Waals surface area contributed by atoms with Crippen LogP contribution >= 0.6 is 0 Å². The zero-order chi connectivity index (χ0) is 25.0. The van der Waals surface area contributed by atoms with Gasteiger partial charge in [0.2, 0.25) is 0 Å². The Morgan fingerprint density at radius 2 is 1.86 bits per heavy atom. The third kappa shape index (κ3) is 3.33. The van der Waals surface area contributed by atoms with Gasteiger partial charge in [-0.15, -0.1) is 0 Å². The fourth-order valence-corrected chi connectivity index (χ4v) is 4.53. The van der Waals surface area contributed by atoms with Crippen molar-refractivity contribution in [3.05, 3.63) is 98.6 Å². The Bertz CT molecular complexity index is 1890. The molecule has 1 N–H and O–H groups in total. The van der Waals surface area contributed by atoms with E-state index in [1.165, 1.54) is 10.8 Å². The molecule has 1 aromatic carbocycles. The van der Waals surface area contributed by atoms with Crippen LogP contribution in [0.25, 0.3) is 45.0 Å². The maximum Gasteiger partial charge on any atom is 0.333 e. The number of rotatable bonds is 3. The van der Waals surface area contributed by atoms with E-state index < -0.39 is 16.7 Å². The second-order valence-corrected chi connectivity index (χ2v) is 9.33. The van der Waals surface area contributed by atoms with Crippen molar-refractivity contribution in [3.8, 4) is 23.0 Å². The van der Waals surface area contributed by atoms with Crippen LogP contribution in [0.2, 0.25) is 0 Å². The van der Waals surface area contributed by atoms with Crippen LogP contribution in [0.15, 0.2) is 70.5 Å². The van der Waals surface area contributed by atoms with Gasteiger partial charge in [-0.1, -0.05) is 24.3 Å². The number of H-pyrrole nitrogens is 1. The zero-order valence-corrected chi connectivity index (χ0v) is 19.6. The summed E-state index contributed by atoms with van der Waals surface area (Å²) in [6.45, 7) is 3.66. The van der Waals surface area contributed by atoms with Crippen molar-refractivity contribution >= 4 is 28.0 Å². The second-order valence-electron chi connectivity index (χ2n) is 9.33. The van der Waals surface area contributed by atoms with Gasteiger partial charge in [0.05, 0.1) is 45.0 Å². The number of benzene rings is 1. The van der Waals surface area contributed by atoms with Gasteiger partial charge in [0.1, 0.15) is 5.52 Å². The summed E-state index contributed by atoms with van der Waals surface area (Å²) in [5.41, 5.74) is 4.52. The molecule has 8 nitrogen and oxygen atoms in total. The fraction of sp³-hybridized carbons (Fsp3) is 0.143. The van der Waals surface area contributed by atoms with Gasteiger partial charge >= 0.3 is 5.69 Å². The molecule has 0 aliphatic heterocycles. The molecule has 0 unspecified atom stereocenters. The first-order chi connectivity index (χ1) is 17.4. The Morgan fingerprint density at radius 3 is 2.64 bits per heavy atom. The van der Waals surface area contributed by atoms with Crippen molar-refractivity contribution in [2.75, 3.05) is 0 Å². The molecule has 0 radical (unpaired) electrons. The van der Waals surface area contributed by atoms with Gasteiger partial charge in [0, 0.05) is 24.4 Å². The highest BCUT2D eigenvalue weighted by Crippen LogP contribution is 2.28. The molecular formula is C28H20N6O2. The SMILES string of the molecule is CC(C)(C#N)c1ccc(-n2c(=O)[nH]c(=O)c3cnc4ccc(-c5cnc6c(c5)C=CC6)nc4c32)cc1. The third-order valence-electron chi connectivity index (χ3n) is 6.61. The van der Waals surface area contributed by atoms with Crippen LogP contribution in [-0.2, 0) is 11.8 Å². The molecule has 0 fully saturated rings. The lowest BCUT2D eigenvalue weighted by molar-refractivity contribution is 0.686. The Hall–Kier alpha value is -4.90. The average Bonchev–Trinajstić information content (AvgIpc) is 3.36. The van der Waals surface area contributed by atoms with Crippen molar-refractivity contribution in [2.24, 2.45) is 0 Å². The van der Waals surface area contributed by atoms with Crippen LogP contribution in [0.3, 0.4) is 0 Å². The number of allylic oxidation sites excluding steroid dienone is 1. The van der Waals surface area contributed by atoms with Gasteiger partial charge in [0.15, 0.2) is 0 Å². The first kappa shape index (κ1) is 21.6. The summed E-state index contributed by atoms with van der Waals surface area (Å²) in [6.07, 6.45) is 8.17. The van der Waals surface area contributed by atoms with E-state index >= 15 is 0 Å². The Kier molecular flexibility index (Phi) is 4.70. The minimum Gasteiger partial charge on any atom is -0.273 e.